The Morgan fingerprint density at radius 2 is 2.25 bits per heavy atom. The fraction of sp³-hybridized carbons (Fsp3) is 0.636. The SMILES string of the molecule is CCN(CCBr)c1nccn(C(C)C)c1=O. The largest absolute Gasteiger partial charge is 0.351 e. The second-order valence-electron chi connectivity index (χ2n) is 3.83. The zero-order chi connectivity index (χ0) is 12.1. The van der Waals surface area contributed by atoms with Crippen LogP contribution in [0.4, 0.5) is 5.82 Å². The molecule has 0 radical (unpaired) electrons. The van der Waals surface area contributed by atoms with Crippen molar-refractivity contribution >= 4 is 21.7 Å². The van der Waals surface area contributed by atoms with Crippen LogP contribution in [-0.2, 0) is 0 Å². The molecule has 0 aliphatic heterocycles. The highest BCUT2D eigenvalue weighted by molar-refractivity contribution is 9.09. The Balaban J connectivity index is 3.13. The summed E-state index contributed by atoms with van der Waals surface area (Å²) in [6, 6.07) is 0.164. The quantitative estimate of drug-likeness (QED) is 0.778. The fourth-order valence-electron chi connectivity index (χ4n) is 1.55. The maximum Gasteiger partial charge on any atom is 0.293 e. The summed E-state index contributed by atoms with van der Waals surface area (Å²) in [4.78, 5) is 18.3. The van der Waals surface area contributed by atoms with Crippen LogP contribution in [0.2, 0.25) is 0 Å². The number of aromatic nitrogens is 2. The molecule has 0 aliphatic carbocycles. The molecule has 0 saturated carbocycles. The number of halogens is 1. The second kappa shape index (κ2) is 6.03. The molecule has 0 aliphatic rings. The van der Waals surface area contributed by atoms with Gasteiger partial charge >= 0.3 is 0 Å². The Hall–Kier alpha value is -0.840. The average molecular weight is 288 g/mol. The molecule has 0 atom stereocenters. The number of alkyl halides is 1. The van der Waals surface area contributed by atoms with Crippen LogP contribution in [-0.4, -0.2) is 28.0 Å². The first-order valence-electron chi connectivity index (χ1n) is 5.49. The first-order valence-corrected chi connectivity index (χ1v) is 6.62. The molecule has 0 aromatic carbocycles. The van der Waals surface area contributed by atoms with Gasteiger partial charge in [0.15, 0.2) is 5.82 Å². The van der Waals surface area contributed by atoms with Crippen LogP contribution in [0.15, 0.2) is 17.2 Å². The van der Waals surface area contributed by atoms with E-state index >= 15 is 0 Å². The van der Waals surface area contributed by atoms with E-state index in [9.17, 15) is 4.79 Å². The second-order valence-corrected chi connectivity index (χ2v) is 4.62. The number of anilines is 1. The first kappa shape index (κ1) is 13.2. The van der Waals surface area contributed by atoms with Gasteiger partial charge in [0.05, 0.1) is 0 Å². The molecule has 1 heterocycles. The Morgan fingerprint density at radius 3 is 2.75 bits per heavy atom. The normalized spacial score (nSPS) is 10.8. The molecule has 0 spiro atoms. The molecule has 4 nitrogen and oxygen atoms in total. The van der Waals surface area contributed by atoms with Crippen LogP contribution in [0.1, 0.15) is 26.8 Å². The standard InChI is InChI=1S/C11H18BrN3O/c1-4-14(7-5-12)10-11(16)15(9(2)3)8-6-13-10/h6,8-9H,4-5,7H2,1-3H3. The molecule has 0 saturated heterocycles. The predicted molar refractivity (Wildman–Crippen MR) is 70.6 cm³/mol. The molecule has 90 valence electrons. The van der Waals surface area contributed by atoms with Crippen LogP contribution in [0.3, 0.4) is 0 Å². The molecule has 5 heteroatoms. The van der Waals surface area contributed by atoms with Crippen molar-refractivity contribution in [1.29, 1.82) is 0 Å². The van der Waals surface area contributed by atoms with E-state index in [1.807, 2.05) is 25.7 Å². The van der Waals surface area contributed by atoms with E-state index in [4.69, 9.17) is 0 Å². The van der Waals surface area contributed by atoms with Crippen molar-refractivity contribution in [2.24, 2.45) is 0 Å². The Labute approximate surface area is 104 Å². The molecule has 1 aromatic heterocycles. The minimum atomic E-state index is -0.0136. The van der Waals surface area contributed by atoms with Crippen LogP contribution < -0.4 is 10.5 Å². The summed E-state index contributed by atoms with van der Waals surface area (Å²) in [5, 5.41) is 0.832. The maximum atomic E-state index is 12.1. The van der Waals surface area contributed by atoms with Gasteiger partial charge in [0.2, 0.25) is 0 Å². The summed E-state index contributed by atoms with van der Waals surface area (Å²) in [5.74, 6) is 0.540. The van der Waals surface area contributed by atoms with Crippen molar-refractivity contribution < 1.29 is 0 Å². The molecule has 16 heavy (non-hydrogen) atoms. The van der Waals surface area contributed by atoms with E-state index in [-0.39, 0.29) is 11.6 Å². The lowest BCUT2D eigenvalue weighted by atomic mass is 10.3. The number of rotatable bonds is 5. The highest BCUT2D eigenvalue weighted by Gasteiger charge is 2.12. The molecule has 0 fully saturated rings. The van der Waals surface area contributed by atoms with Crippen molar-refractivity contribution in [2.45, 2.75) is 26.8 Å². The van der Waals surface area contributed by atoms with Gasteiger partial charge in [-0.15, -0.1) is 0 Å². The topological polar surface area (TPSA) is 38.1 Å². The van der Waals surface area contributed by atoms with Crippen molar-refractivity contribution in [3.8, 4) is 0 Å². The smallest absolute Gasteiger partial charge is 0.293 e. The van der Waals surface area contributed by atoms with Gasteiger partial charge in [-0.2, -0.15) is 0 Å². The molecular weight excluding hydrogens is 270 g/mol. The summed E-state index contributed by atoms with van der Waals surface area (Å²) in [5.41, 5.74) is -0.0136. The summed E-state index contributed by atoms with van der Waals surface area (Å²) < 4.78 is 1.71. The monoisotopic (exact) mass is 287 g/mol. The molecule has 0 unspecified atom stereocenters. The minimum absolute atomic E-state index is 0.0136. The zero-order valence-electron chi connectivity index (χ0n) is 9.98. The van der Waals surface area contributed by atoms with Gasteiger partial charge < -0.3 is 9.47 Å². The highest BCUT2D eigenvalue weighted by atomic mass is 79.9. The Bertz CT molecular complexity index is 389. The third kappa shape index (κ3) is 2.84. The molecular formula is C11H18BrN3O. The predicted octanol–water partition coefficient (Wildman–Crippen LogP) is 2.05. The molecule has 0 bridgehead atoms. The molecule has 0 amide bonds. The molecule has 1 aromatic rings. The van der Waals surface area contributed by atoms with E-state index in [1.54, 1.807) is 17.0 Å². The molecule has 0 N–H and O–H groups in total. The van der Waals surface area contributed by atoms with Crippen LogP contribution >= 0.6 is 15.9 Å². The van der Waals surface area contributed by atoms with Crippen molar-refractivity contribution in [2.75, 3.05) is 23.3 Å². The third-order valence-corrected chi connectivity index (χ3v) is 2.80. The van der Waals surface area contributed by atoms with E-state index in [1.165, 1.54) is 0 Å². The highest BCUT2D eigenvalue weighted by Crippen LogP contribution is 2.06. The van der Waals surface area contributed by atoms with E-state index in [0.29, 0.717) is 5.82 Å². The van der Waals surface area contributed by atoms with Gasteiger partial charge in [-0.25, -0.2) is 4.98 Å². The van der Waals surface area contributed by atoms with Crippen LogP contribution in [0.25, 0.3) is 0 Å². The summed E-state index contributed by atoms with van der Waals surface area (Å²) in [6.45, 7) is 7.59. The van der Waals surface area contributed by atoms with Crippen molar-refractivity contribution in [1.82, 2.24) is 9.55 Å². The lowest BCUT2D eigenvalue weighted by Gasteiger charge is -2.21. The Kier molecular flexibility index (Phi) is 4.99. The third-order valence-electron chi connectivity index (χ3n) is 2.44. The van der Waals surface area contributed by atoms with Crippen LogP contribution in [0, 0.1) is 0 Å². The minimum Gasteiger partial charge on any atom is -0.351 e. The number of hydrogen-bond acceptors (Lipinski definition) is 3. The van der Waals surface area contributed by atoms with E-state index in [0.717, 1.165) is 18.4 Å². The van der Waals surface area contributed by atoms with Gasteiger partial charge in [-0.3, -0.25) is 4.79 Å². The molecule has 1 rings (SSSR count). The summed E-state index contributed by atoms with van der Waals surface area (Å²) in [7, 11) is 0. The van der Waals surface area contributed by atoms with Gasteiger partial charge in [-0.05, 0) is 20.8 Å². The summed E-state index contributed by atoms with van der Waals surface area (Å²) >= 11 is 3.38. The first-order chi connectivity index (χ1) is 7.61. The van der Waals surface area contributed by atoms with E-state index < -0.39 is 0 Å². The van der Waals surface area contributed by atoms with Crippen molar-refractivity contribution in [3.63, 3.8) is 0 Å². The fourth-order valence-corrected chi connectivity index (χ4v) is 1.98. The summed E-state index contributed by atoms with van der Waals surface area (Å²) in [6.07, 6.45) is 3.42. The van der Waals surface area contributed by atoms with E-state index in [2.05, 4.69) is 20.9 Å². The van der Waals surface area contributed by atoms with Crippen LogP contribution in [0.5, 0.6) is 0 Å². The van der Waals surface area contributed by atoms with Gasteiger partial charge in [0, 0.05) is 36.9 Å². The lowest BCUT2D eigenvalue weighted by molar-refractivity contribution is 0.571. The lowest BCUT2D eigenvalue weighted by Crippen LogP contribution is -2.34. The van der Waals surface area contributed by atoms with Gasteiger partial charge in [0.25, 0.3) is 5.56 Å². The number of nitrogens with zero attached hydrogens (tertiary/aromatic N) is 3. The van der Waals surface area contributed by atoms with Crippen molar-refractivity contribution in [3.05, 3.63) is 22.7 Å². The number of hydrogen-bond donors (Lipinski definition) is 0. The average Bonchev–Trinajstić information content (AvgIpc) is 2.26. The maximum absolute atomic E-state index is 12.1. The Morgan fingerprint density at radius 1 is 1.56 bits per heavy atom. The van der Waals surface area contributed by atoms with Gasteiger partial charge in [0.1, 0.15) is 0 Å². The zero-order valence-corrected chi connectivity index (χ0v) is 11.6. The van der Waals surface area contributed by atoms with Gasteiger partial charge in [-0.1, -0.05) is 15.9 Å².